The third-order valence-electron chi connectivity index (χ3n) is 3.93. The van der Waals surface area contributed by atoms with E-state index in [4.69, 9.17) is 22.1 Å². The Hall–Kier alpha value is -0.840. The van der Waals surface area contributed by atoms with E-state index < -0.39 is 0 Å². The summed E-state index contributed by atoms with van der Waals surface area (Å²) in [6, 6.07) is 4.48. The smallest absolute Gasteiger partial charge is 0.138 e. The number of ether oxygens (including phenoxy) is 1. The van der Waals surface area contributed by atoms with Crippen LogP contribution in [0.15, 0.2) is 18.2 Å². The summed E-state index contributed by atoms with van der Waals surface area (Å²) in [6.45, 7) is 5.63. The molecule has 0 radical (unpaired) electrons. The van der Waals surface area contributed by atoms with Gasteiger partial charge in [0.2, 0.25) is 0 Å². The molecule has 0 bridgehead atoms. The van der Waals surface area contributed by atoms with Crippen molar-refractivity contribution in [3.8, 4) is 5.75 Å². The van der Waals surface area contributed by atoms with E-state index in [2.05, 4.69) is 11.8 Å². The minimum atomic E-state index is -0.347. The molecule has 0 spiro atoms. The van der Waals surface area contributed by atoms with Crippen LogP contribution in [-0.2, 0) is 0 Å². The van der Waals surface area contributed by atoms with Gasteiger partial charge in [-0.2, -0.15) is 0 Å². The molecule has 0 saturated carbocycles. The first-order chi connectivity index (χ1) is 9.56. The Morgan fingerprint density at radius 2 is 2.15 bits per heavy atom. The molecule has 3 nitrogen and oxygen atoms in total. The van der Waals surface area contributed by atoms with Gasteiger partial charge in [0.15, 0.2) is 0 Å². The fourth-order valence-electron chi connectivity index (χ4n) is 2.58. The molecule has 5 heteroatoms. The summed E-state index contributed by atoms with van der Waals surface area (Å²) in [7, 11) is 0. The van der Waals surface area contributed by atoms with Gasteiger partial charge in [0, 0.05) is 12.6 Å². The Bertz CT molecular complexity index is 434. The highest BCUT2D eigenvalue weighted by Crippen LogP contribution is 2.25. The second-order valence-electron chi connectivity index (χ2n) is 5.46. The van der Waals surface area contributed by atoms with Crippen LogP contribution in [0.1, 0.15) is 19.8 Å². The molecule has 1 unspecified atom stereocenters. The van der Waals surface area contributed by atoms with Crippen molar-refractivity contribution in [3.05, 3.63) is 29.0 Å². The highest BCUT2D eigenvalue weighted by molar-refractivity contribution is 6.32. The third kappa shape index (κ3) is 4.33. The molecule has 1 saturated heterocycles. The van der Waals surface area contributed by atoms with Crippen molar-refractivity contribution >= 4 is 11.6 Å². The second kappa shape index (κ2) is 7.25. The largest absolute Gasteiger partial charge is 0.491 e. The molecule has 1 aliphatic rings. The summed E-state index contributed by atoms with van der Waals surface area (Å²) in [4.78, 5) is 2.37. The van der Waals surface area contributed by atoms with Crippen LogP contribution < -0.4 is 10.5 Å². The first-order valence-electron chi connectivity index (χ1n) is 7.12. The van der Waals surface area contributed by atoms with E-state index in [-0.39, 0.29) is 11.9 Å². The normalized spacial score (nSPS) is 19.0. The number of likely N-dealkylation sites (tertiary alicyclic amines) is 1. The SMILES string of the molecule is CC(N)C1CCN(CCOc2ccc(F)cc2Cl)CC1. The Morgan fingerprint density at radius 3 is 2.75 bits per heavy atom. The van der Waals surface area contributed by atoms with E-state index in [0.29, 0.717) is 23.3 Å². The van der Waals surface area contributed by atoms with Gasteiger partial charge >= 0.3 is 0 Å². The molecular weight excluding hydrogens is 279 g/mol. The standard InChI is InChI=1S/C15H22ClFN2O/c1-11(18)12-4-6-19(7-5-12)8-9-20-15-3-2-13(17)10-14(15)16/h2-3,10-12H,4-9,18H2,1H3. The van der Waals surface area contributed by atoms with Gasteiger partial charge in [0.1, 0.15) is 18.2 Å². The average Bonchev–Trinajstić information content (AvgIpc) is 2.42. The predicted molar refractivity (Wildman–Crippen MR) is 79.7 cm³/mol. The van der Waals surface area contributed by atoms with Crippen molar-refractivity contribution in [2.45, 2.75) is 25.8 Å². The van der Waals surface area contributed by atoms with Gasteiger partial charge in [-0.3, -0.25) is 4.90 Å². The van der Waals surface area contributed by atoms with Crippen LogP contribution in [0.3, 0.4) is 0 Å². The highest BCUT2D eigenvalue weighted by Gasteiger charge is 2.21. The van der Waals surface area contributed by atoms with Gasteiger partial charge < -0.3 is 10.5 Å². The molecule has 1 aromatic rings. The van der Waals surface area contributed by atoms with E-state index in [1.807, 2.05) is 0 Å². The maximum absolute atomic E-state index is 12.9. The molecule has 112 valence electrons. The molecule has 1 aromatic carbocycles. The van der Waals surface area contributed by atoms with Crippen molar-refractivity contribution < 1.29 is 9.13 Å². The Balaban J connectivity index is 1.71. The zero-order chi connectivity index (χ0) is 14.5. The summed E-state index contributed by atoms with van der Waals surface area (Å²) in [5.74, 6) is 0.831. The number of piperidine rings is 1. The Labute approximate surface area is 124 Å². The second-order valence-corrected chi connectivity index (χ2v) is 5.87. The van der Waals surface area contributed by atoms with Crippen LogP contribution in [-0.4, -0.2) is 37.2 Å². The number of benzene rings is 1. The lowest BCUT2D eigenvalue weighted by Gasteiger charge is -2.33. The van der Waals surface area contributed by atoms with Crippen LogP contribution in [0.4, 0.5) is 4.39 Å². The summed E-state index contributed by atoms with van der Waals surface area (Å²) in [5.41, 5.74) is 5.93. The molecule has 1 atom stereocenters. The van der Waals surface area contributed by atoms with Crippen LogP contribution in [0, 0.1) is 11.7 Å². The fraction of sp³-hybridized carbons (Fsp3) is 0.600. The number of hydrogen-bond acceptors (Lipinski definition) is 3. The van der Waals surface area contributed by atoms with Crippen LogP contribution in [0.2, 0.25) is 5.02 Å². The highest BCUT2D eigenvalue weighted by atomic mass is 35.5. The molecule has 1 heterocycles. The molecule has 1 aliphatic heterocycles. The van der Waals surface area contributed by atoms with E-state index in [1.54, 1.807) is 6.07 Å². The summed E-state index contributed by atoms with van der Waals surface area (Å²) in [6.07, 6.45) is 2.30. The van der Waals surface area contributed by atoms with Gasteiger partial charge in [0.25, 0.3) is 0 Å². The number of nitrogens with zero attached hydrogens (tertiary/aromatic N) is 1. The van der Waals surface area contributed by atoms with Gasteiger partial charge in [0.05, 0.1) is 5.02 Å². The number of halogens is 2. The molecule has 1 fully saturated rings. The maximum Gasteiger partial charge on any atom is 0.138 e. The topological polar surface area (TPSA) is 38.5 Å². The quantitative estimate of drug-likeness (QED) is 0.909. The van der Waals surface area contributed by atoms with Crippen LogP contribution in [0.25, 0.3) is 0 Å². The van der Waals surface area contributed by atoms with E-state index in [9.17, 15) is 4.39 Å². The Morgan fingerprint density at radius 1 is 1.45 bits per heavy atom. The zero-order valence-electron chi connectivity index (χ0n) is 11.8. The first kappa shape index (κ1) is 15.5. The molecule has 20 heavy (non-hydrogen) atoms. The molecule has 0 aliphatic carbocycles. The average molecular weight is 301 g/mol. The van der Waals surface area contributed by atoms with Gasteiger partial charge in [-0.25, -0.2) is 4.39 Å². The lowest BCUT2D eigenvalue weighted by atomic mass is 9.91. The van der Waals surface area contributed by atoms with E-state index in [0.717, 1.165) is 32.5 Å². The minimum Gasteiger partial charge on any atom is -0.491 e. The van der Waals surface area contributed by atoms with Crippen LogP contribution in [0.5, 0.6) is 5.75 Å². The number of nitrogens with two attached hydrogens (primary N) is 1. The lowest BCUT2D eigenvalue weighted by molar-refractivity contribution is 0.147. The van der Waals surface area contributed by atoms with E-state index >= 15 is 0 Å². The Kier molecular flexibility index (Phi) is 5.64. The zero-order valence-corrected chi connectivity index (χ0v) is 12.6. The predicted octanol–water partition coefficient (Wildman–Crippen LogP) is 2.92. The molecule has 0 amide bonds. The summed E-state index contributed by atoms with van der Waals surface area (Å²) in [5, 5.41) is 0.320. The van der Waals surface area contributed by atoms with E-state index in [1.165, 1.54) is 12.1 Å². The van der Waals surface area contributed by atoms with Crippen molar-refractivity contribution in [1.82, 2.24) is 4.90 Å². The van der Waals surface area contributed by atoms with Crippen molar-refractivity contribution in [2.24, 2.45) is 11.7 Å². The molecule has 0 aromatic heterocycles. The summed E-state index contributed by atoms with van der Waals surface area (Å²) >= 11 is 5.91. The monoisotopic (exact) mass is 300 g/mol. The fourth-order valence-corrected chi connectivity index (χ4v) is 2.80. The van der Waals surface area contributed by atoms with Gasteiger partial charge in [-0.15, -0.1) is 0 Å². The van der Waals surface area contributed by atoms with Crippen LogP contribution >= 0.6 is 11.6 Å². The number of rotatable bonds is 5. The van der Waals surface area contributed by atoms with Crippen molar-refractivity contribution in [2.75, 3.05) is 26.2 Å². The van der Waals surface area contributed by atoms with Crippen molar-refractivity contribution in [3.63, 3.8) is 0 Å². The van der Waals surface area contributed by atoms with Gasteiger partial charge in [-0.05, 0) is 57.0 Å². The lowest BCUT2D eigenvalue weighted by Crippen LogP contribution is -2.41. The van der Waals surface area contributed by atoms with Crippen molar-refractivity contribution in [1.29, 1.82) is 0 Å². The molecule has 2 rings (SSSR count). The molecular formula is C15H22ClFN2O. The molecule has 2 N–H and O–H groups in total. The third-order valence-corrected chi connectivity index (χ3v) is 4.23. The minimum absolute atomic E-state index is 0.284. The maximum atomic E-state index is 12.9. The van der Waals surface area contributed by atoms with Gasteiger partial charge in [-0.1, -0.05) is 11.6 Å². The first-order valence-corrected chi connectivity index (χ1v) is 7.50. The number of hydrogen-bond donors (Lipinski definition) is 1. The summed E-state index contributed by atoms with van der Waals surface area (Å²) < 4.78 is 18.5.